The predicted molar refractivity (Wildman–Crippen MR) is 48.2 cm³/mol. The van der Waals surface area contributed by atoms with Crippen molar-refractivity contribution in [3.8, 4) is 0 Å². The molecule has 4 nitrogen and oxygen atoms in total. The lowest BCUT2D eigenvalue weighted by molar-refractivity contribution is -0.148. The molecule has 1 aliphatic carbocycles. The molecule has 0 aromatic rings. The Morgan fingerprint density at radius 2 is 1.85 bits per heavy atom. The summed E-state index contributed by atoms with van der Waals surface area (Å²) < 4.78 is 0. The number of hydrogen-bond acceptors (Lipinski definition) is 3. The summed E-state index contributed by atoms with van der Waals surface area (Å²) in [5.74, 6) is -1.03. The van der Waals surface area contributed by atoms with Crippen molar-refractivity contribution in [2.24, 2.45) is 11.7 Å². The Hall–Kier alpha value is -0.610. The highest BCUT2D eigenvalue weighted by atomic mass is 16.4. The van der Waals surface area contributed by atoms with Crippen LogP contribution in [0.4, 0.5) is 0 Å². The van der Waals surface area contributed by atoms with Crippen LogP contribution in [0.3, 0.4) is 0 Å². The molecule has 0 radical (unpaired) electrons. The van der Waals surface area contributed by atoms with Crippen LogP contribution >= 0.6 is 0 Å². The summed E-state index contributed by atoms with van der Waals surface area (Å²) >= 11 is 0. The number of rotatable bonds is 3. The van der Waals surface area contributed by atoms with Crippen LogP contribution in [0, 0.1) is 5.92 Å². The van der Waals surface area contributed by atoms with Gasteiger partial charge in [-0.1, -0.05) is 19.3 Å². The summed E-state index contributed by atoms with van der Waals surface area (Å²) in [7, 11) is 0. The molecule has 0 aromatic carbocycles. The minimum absolute atomic E-state index is 0.180. The van der Waals surface area contributed by atoms with E-state index >= 15 is 0 Å². The third-order valence-electron chi connectivity index (χ3n) is 2.81. The smallest absolute Gasteiger partial charge is 0.334 e. The Morgan fingerprint density at radius 1 is 1.31 bits per heavy atom. The Labute approximate surface area is 77.7 Å². The normalized spacial score (nSPS) is 23.8. The molecule has 0 amide bonds. The van der Waals surface area contributed by atoms with Crippen LogP contribution in [0.5, 0.6) is 0 Å². The lowest BCUT2D eigenvalue weighted by Gasteiger charge is -2.28. The number of aliphatic carboxylic acids is 1. The van der Waals surface area contributed by atoms with E-state index in [1.807, 2.05) is 0 Å². The molecule has 0 bridgehead atoms. The van der Waals surface area contributed by atoms with E-state index in [-0.39, 0.29) is 5.92 Å². The summed E-state index contributed by atoms with van der Waals surface area (Å²) in [5.41, 5.74) is 5.66. The molecule has 1 saturated carbocycles. The largest absolute Gasteiger partial charge is 0.479 e. The quantitative estimate of drug-likeness (QED) is 0.595. The summed E-state index contributed by atoms with van der Waals surface area (Å²) in [4.78, 5) is 10.5. The monoisotopic (exact) mass is 187 g/mol. The predicted octanol–water partition coefficient (Wildman–Crippen LogP) is 0.339. The number of carboxylic acids is 1. The van der Waals surface area contributed by atoms with Crippen LogP contribution in [0.15, 0.2) is 0 Å². The molecule has 0 aromatic heterocycles. The fourth-order valence-corrected chi connectivity index (χ4v) is 1.94. The number of carbonyl (C=O) groups is 1. The van der Waals surface area contributed by atoms with Gasteiger partial charge in [-0.3, -0.25) is 0 Å². The summed E-state index contributed by atoms with van der Waals surface area (Å²) in [6.07, 6.45) is 3.90. The molecule has 13 heavy (non-hydrogen) atoms. The maximum atomic E-state index is 10.5. The molecule has 0 spiro atoms. The summed E-state index contributed by atoms with van der Waals surface area (Å²) in [6, 6.07) is -0.599. The van der Waals surface area contributed by atoms with Gasteiger partial charge >= 0.3 is 5.97 Å². The van der Waals surface area contributed by atoms with Crippen LogP contribution in [-0.4, -0.2) is 28.3 Å². The van der Waals surface area contributed by atoms with Crippen LogP contribution in [0.2, 0.25) is 0 Å². The van der Waals surface area contributed by atoms with Crippen molar-refractivity contribution in [1.82, 2.24) is 0 Å². The standard InChI is InChI=1S/C9H17NO3/c10-7(8(11)9(12)13)6-4-2-1-3-5-6/h6-8,11H,1-5,10H2,(H,12,13). The second-order valence-corrected chi connectivity index (χ2v) is 3.76. The molecule has 0 heterocycles. The van der Waals surface area contributed by atoms with E-state index in [0.29, 0.717) is 0 Å². The number of hydrogen-bond donors (Lipinski definition) is 3. The molecule has 1 fully saturated rings. The average molecular weight is 187 g/mol. The van der Waals surface area contributed by atoms with Gasteiger partial charge in [-0.25, -0.2) is 4.79 Å². The Morgan fingerprint density at radius 3 is 2.31 bits per heavy atom. The van der Waals surface area contributed by atoms with Crippen LogP contribution in [0.1, 0.15) is 32.1 Å². The Kier molecular flexibility index (Phi) is 3.69. The molecule has 0 aliphatic heterocycles. The van der Waals surface area contributed by atoms with E-state index in [4.69, 9.17) is 10.8 Å². The van der Waals surface area contributed by atoms with E-state index in [9.17, 15) is 9.90 Å². The summed E-state index contributed by atoms with van der Waals surface area (Å²) in [6.45, 7) is 0. The zero-order chi connectivity index (χ0) is 9.84. The molecule has 76 valence electrons. The zero-order valence-corrected chi connectivity index (χ0v) is 7.65. The zero-order valence-electron chi connectivity index (χ0n) is 7.65. The van der Waals surface area contributed by atoms with E-state index in [0.717, 1.165) is 25.7 Å². The fraction of sp³-hybridized carbons (Fsp3) is 0.889. The Bertz CT molecular complexity index is 178. The van der Waals surface area contributed by atoms with Crippen molar-refractivity contribution in [2.75, 3.05) is 0 Å². The minimum Gasteiger partial charge on any atom is -0.479 e. The Balaban J connectivity index is 2.44. The first-order chi connectivity index (χ1) is 6.13. The van der Waals surface area contributed by atoms with Gasteiger partial charge in [0.25, 0.3) is 0 Å². The van der Waals surface area contributed by atoms with E-state index in [1.165, 1.54) is 6.42 Å². The van der Waals surface area contributed by atoms with E-state index in [1.54, 1.807) is 0 Å². The number of aliphatic hydroxyl groups is 1. The van der Waals surface area contributed by atoms with Crippen molar-refractivity contribution in [3.05, 3.63) is 0 Å². The third-order valence-corrected chi connectivity index (χ3v) is 2.81. The second-order valence-electron chi connectivity index (χ2n) is 3.76. The third kappa shape index (κ3) is 2.67. The van der Waals surface area contributed by atoms with Gasteiger partial charge < -0.3 is 15.9 Å². The highest BCUT2D eigenvalue weighted by molar-refractivity contribution is 5.72. The average Bonchev–Trinajstić information content (AvgIpc) is 2.17. The topological polar surface area (TPSA) is 83.5 Å². The van der Waals surface area contributed by atoms with Crippen molar-refractivity contribution >= 4 is 5.97 Å². The molecule has 4 heteroatoms. The number of carboxylic acid groups (broad SMARTS) is 1. The van der Waals surface area contributed by atoms with E-state index < -0.39 is 18.1 Å². The molecule has 1 rings (SSSR count). The number of nitrogens with two attached hydrogens (primary N) is 1. The summed E-state index contributed by atoms with van der Waals surface area (Å²) in [5, 5.41) is 17.8. The van der Waals surface area contributed by atoms with Crippen LogP contribution in [-0.2, 0) is 4.79 Å². The van der Waals surface area contributed by atoms with Gasteiger partial charge in [0.05, 0.1) is 0 Å². The van der Waals surface area contributed by atoms with Gasteiger partial charge in [-0.15, -0.1) is 0 Å². The first-order valence-corrected chi connectivity index (χ1v) is 4.79. The van der Waals surface area contributed by atoms with Gasteiger partial charge in [0.15, 0.2) is 6.10 Å². The van der Waals surface area contributed by atoms with Gasteiger partial charge in [0, 0.05) is 6.04 Å². The maximum Gasteiger partial charge on any atom is 0.334 e. The molecule has 4 N–H and O–H groups in total. The fourth-order valence-electron chi connectivity index (χ4n) is 1.94. The molecular formula is C9H17NO3. The minimum atomic E-state index is -1.40. The molecule has 0 saturated heterocycles. The van der Waals surface area contributed by atoms with Crippen molar-refractivity contribution in [3.63, 3.8) is 0 Å². The lowest BCUT2D eigenvalue weighted by Crippen LogP contribution is -2.46. The van der Waals surface area contributed by atoms with Crippen molar-refractivity contribution < 1.29 is 15.0 Å². The van der Waals surface area contributed by atoms with Crippen LogP contribution in [0.25, 0.3) is 0 Å². The highest BCUT2D eigenvalue weighted by Gasteiger charge is 2.30. The number of aliphatic hydroxyl groups excluding tert-OH is 1. The van der Waals surface area contributed by atoms with E-state index in [2.05, 4.69) is 0 Å². The molecular weight excluding hydrogens is 170 g/mol. The second kappa shape index (κ2) is 4.58. The molecule has 1 aliphatic rings. The van der Waals surface area contributed by atoms with Gasteiger partial charge in [0.2, 0.25) is 0 Å². The highest BCUT2D eigenvalue weighted by Crippen LogP contribution is 2.26. The lowest BCUT2D eigenvalue weighted by atomic mass is 9.82. The van der Waals surface area contributed by atoms with Gasteiger partial charge in [-0.2, -0.15) is 0 Å². The first kappa shape index (κ1) is 10.5. The van der Waals surface area contributed by atoms with Crippen molar-refractivity contribution in [1.29, 1.82) is 0 Å². The van der Waals surface area contributed by atoms with Crippen molar-refractivity contribution in [2.45, 2.75) is 44.2 Å². The molecule has 2 unspecified atom stereocenters. The first-order valence-electron chi connectivity index (χ1n) is 4.79. The maximum absolute atomic E-state index is 10.5. The molecule has 2 atom stereocenters. The van der Waals surface area contributed by atoms with Gasteiger partial charge in [0.1, 0.15) is 0 Å². The van der Waals surface area contributed by atoms with Gasteiger partial charge in [-0.05, 0) is 18.8 Å². The van der Waals surface area contributed by atoms with Crippen LogP contribution < -0.4 is 5.73 Å². The SMILES string of the molecule is NC(C1CCCCC1)C(O)C(=O)O.